The second-order valence-electron chi connectivity index (χ2n) is 4.21. The van der Waals surface area contributed by atoms with Crippen molar-refractivity contribution in [3.05, 3.63) is 28.3 Å². The predicted molar refractivity (Wildman–Crippen MR) is 68.8 cm³/mol. The summed E-state index contributed by atoms with van der Waals surface area (Å²) < 4.78 is 10.1. The molecule has 0 radical (unpaired) electrons. The van der Waals surface area contributed by atoms with Gasteiger partial charge in [-0.05, 0) is 56.0 Å². The molecule has 0 bridgehead atoms. The number of esters is 1. The van der Waals surface area contributed by atoms with Crippen molar-refractivity contribution in [2.45, 2.75) is 33.8 Å². The Hall–Kier alpha value is -1.55. The molecule has 0 aliphatic carbocycles. The van der Waals surface area contributed by atoms with E-state index in [2.05, 4.69) is 0 Å². The number of methoxy groups -OCH3 is 1. The largest absolute Gasteiger partial charge is 0.496 e. The predicted octanol–water partition coefficient (Wildman–Crippen LogP) is 2.22. The van der Waals surface area contributed by atoms with E-state index in [0.29, 0.717) is 5.56 Å². The molecule has 0 amide bonds. The minimum absolute atomic E-state index is 0.253. The number of carbonyl (C=O) groups excluding carboxylic acids is 1. The maximum Gasteiger partial charge on any atom is 0.339 e. The molecule has 1 unspecified atom stereocenters. The van der Waals surface area contributed by atoms with Crippen molar-refractivity contribution in [2.75, 3.05) is 13.7 Å². The van der Waals surface area contributed by atoms with Gasteiger partial charge in [-0.25, -0.2) is 4.79 Å². The Kier molecular flexibility index (Phi) is 4.73. The number of rotatable bonds is 4. The van der Waals surface area contributed by atoms with Crippen molar-refractivity contribution in [1.29, 1.82) is 0 Å². The minimum Gasteiger partial charge on any atom is -0.496 e. The summed E-state index contributed by atoms with van der Waals surface area (Å²) in [5.74, 6) is 0.137. The van der Waals surface area contributed by atoms with Crippen LogP contribution in [0.5, 0.6) is 5.75 Å². The number of aliphatic hydroxyl groups is 1. The molecule has 1 atom stereocenters. The lowest BCUT2D eigenvalue weighted by molar-refractivity contribution is -0.153. The van der Waals surface area contributed by atoms with Crippen LogP contribution in [0.25, 0.3) is 0 Å². The lowest BCUT2D eigenvalue weighted by atomic mass is 9.93. The highest BCUT2D eigenvalue weighted by Gasteiger charge is 2.24. The van der Waals surface area contributed by atoms with E-state index >= 15 is 0 Å². The molecule has 1 N–H and O–H groups in total. The van der Waals surface area contributed by atoms with Crippen molar-refractivity contribution < 1.29 is 19.4 Å². The van der Waals surface area contributed by atoms with E-state index in [1.807, 2.05) is 26.8 Å². The van der Waals surface area contributed by atoms with Crippen LogP contribution in [0.15, 0.2) is 6.07 Å². The second-order valence-corrected chi connectivity index (χ2v) is 4.21. The fourth-order valence-electron chi connectivity index (χ4n) is 2.04. The first kappa shape index (κ1) is 14.5. The number of aryl methyl sites for hydroxylation is 1. The molecule has 0 saturated heterocycles. The standard InChI is InChI=1S/C14H20O4/c1-6-18-14(16)13(15)12-8(2)7-11(17-5)9(3)10(12)4/h7,13,15H,6H2,1-5H3. The van der Waals surface area contributed by atoms with Gasteiger partial charge in [-0.2, -0.15) is 0 Å². The Labute approximate surface area is 108 Å². The van der Waals surface area contributed by atoms with Crippen LogP contribution in [0, 0.1) is 20.8 Å². The molecule has 4 nitrogen and oxygen atoms in total. The van der Waals surface area contributed by atoms with Crippen LogP contribution in [0.3, 0.4) is 0 Å². The molecule has 0 heterocycles. The quantitative estimate of drug-likeness (QED) is 0.835. The zero-order valence-electron chi connectivity index (χ0n) is 11.5. The molecule has 0 saturated carbocycles. The van der Waals surface area contributed by atoms with E-state index in [9.17, 15) is 9.90 Å². The smallest absolute Gasteiger partial charge is 0.339 e. The summed E-state index contributed by atoms with van der Waals surface area (Å²) >= 11 is 0. The Bertz CT molecular complexity index is 452. The molecule has 1 rings (SSSR count). The Morgan fingerprint density at radius 2 is 1.94 bits per heavy atom. The normalized spacial score (nSPS) is 12.1. The summed E-state index contributed by atoms with van der Waals surface area (Å²) in [7, 11) is 1.60. The molecule has 4 heteroatoms. The van der Waals surface area contributed by atoms with Gasteiger partial charge in [0.25, 0.3) is 0 Å². The summed E-state index contributed by atoms with van der Waals surface area (Å²) in [6.07, 6.45) is -1.24. The van der Waals surface area contributed by atoms with Crippen LogP contribution in [0.2, 0.25) is 0 Å². The molecule has 0 fully saturated rings. The van der Waals surface area contributed by atoms with Gasteiger partial charge in [0.1, 0.15) is 5.75 Å². The van der Waals surface area contributed by atoms with Gasteiger partial charge >= 0.3 is 5.97 Å². The summed E-state index contributed by atoms with van der Waals surface area (Å²) in [5.41, 5.74) is 3.19. The van der Waals surface area contributed by atoms with Gasteiger partial charge in [-0.1, -0.05) is 0 Å². The van der Waals surface area contributed by atoms with Gasteiger partial charge in [0.2, 0.25) is 0 Å². The molecule has 1 aromatic rings. The van der Waals surface area contributed by atoms with Gasteiger partial charge in [0, 0.05) is 0 Å². The Morgan fingerprint density at radius 3 is 2.44 bits per heavy atom. The van der Waals surface area contributed by atoms with Crippen LogP contribution in [-0.4, -0.2) is 24.8 Å². The zero-order valence-corrected chi connectivity index (χ0v) is 11.5. The van der Waals surface area contributed by atoms with E-state index in [1.54, 1.807) is 14.0 Å². The van der Waals surface area contributed by atoms with Crippen molar-refractivity contribution in [1.82, 2.24) is 0 Å². The third-order valence-electron chi connectivity index (χ3n) is 3.11. The first-order chi connectivity index (χ1) is 8.43. The third-order valence-corrected chi connectivity index (χ3v) is 3.11. The van der Waals surface area contributed by atoms with Gasteiger partial charge in [-0.15, -0.1) is 0 Å². The molecule has 1 aromatic carbocycles. The van der Waals surface area contributed by atoms with E-state index in [-0.39, 0.29) is 6.61 Å². The summed E-state index contributed by atoms with van der Waals surface area (Å²) in [6.45, 7) is 7.57. The SMILES string of the molecule is CCOC(=O)C(O)c1c(C)cc(OC)c(C)c1C. The number of carbonyl (C=O) groups is 1. The van der Waals surface area contributed by atoms with Gasteiger partial charge in [0.15, 0.2) is 6.10 Å². The zero-order chi connectivity index (χ0) is 13.9. The van der Waals surface area contributed by atoms with Crippen LogP contribution in [0.1, 0.15) is 35.3 Å². The van der Waals surface area contributed by atoms with Crippen molar-refractivity contribution in [3.8, 4) is 5.75 Å². The Balaban J connectivity index is 3.25. The van der Waals surface area contributed by atoms with Crippen LogP contribution in [-0.2, 0) is 9.53 Å². The first-order valence-electron chi connectivity index (χ1n) is 5.93. The second kappa shape index (κ2) is 5.87. The van der Waals surface area contributed by atoms with Crippen LogP contribution >= 0.6 is 0 Å². The monoisotopic (exact) mass is 252 g/mol. The molecule has 0 aromatic heterocycles. The third kappa shape index (κ3) is 2.64. The summed E-state index contributed by atoms with van der Waals surface area (Å²) in [4.78, 5) is 11.6. The molecule has 18 heavy (non-hydrogen) atoms. The van der Waals surface area contributed by atoms with E-state index in [0.717, 1.165) is 22.4 Å². The van der Waals surface area contributed by atoms with Gasteiger partial charge in [0.05, 0.1) is 13.7 Å². The van der Waals surface area contributed by atoms with Gasteiger partial charge < -0.3 is 14.6 Å². The summed E-state index contributed by atoms with van der Waals surface area (Å²) in [6, 6.07) is 1.82. The molecule has 0 spiro atoms. The van der Waals surface area contributed by atoms with Crippen molar-refractivity contribution >= 4 is 5.97 Å². The van der Waals surface area contributed by atoms with Crippen LogP contribution < -0.4 is 4.74 Å². The number of benzene rings is 1. The average molecular weight is 252 g/mol. The average Bonchev–Trinajstić information content (AvgIpc) is 2.34. The van der Waals surface area contributed by atoms with Crippen LogP contribution in [0.4, 0.5) is 0 Å². The number of hydrogen-bond donors (Lipinski definition) is 1. The molecular weight excluding hydrogens is 232 g/mol. The minimum atomic E-state index is -1.24. The number of hydrogen-bond acceptors (Lipinski definition) is 4. The summed E-state index contributed by atoms with van der Waals surface area (Å²) in [5, 5.41) is 10.1. The molecular formula is C14H20O4. The highest BCUT2D eigenvalue weighted by Crippen LogP contribution is 2.31. The number of aliphatic hydroxyl groups excluding tert-OH is 1. The number of ether oxygens (including phenoxy) is 2. The van der Waals surface area contributed by atoms with E-state index in [4.69, 9.17) is 9.47 Å². The van der Waals surface area contributed by atoms with E-state index in [1.165, 1.54) is 0 Å². The van der Waals surface area contributed by atoms with Crippen molar-refractivity contribution in [2.24, 2.45) is 0 Å². The highest BCUT2D eigenvalue weighted by molar-refractivity contribution is 5.77. The lowest BCUT2D eigenvalue weighted by Crippen LogP contribution is -2.18. The fraction of sp³-hybridized carbons (Fsp3) is 0.500. The first-order valence-corrected chi connectivity index (χ1v) is 5.93. The van der Waals surface area contributed by atoms with E-state index < -0.39 is 12.1 Å². The van der Waals surface area contributed by atoms with Crippen molar-refractivity contribution in [3.63, 3.8) is 0 Å². The highest BCUT2D eigenvalue weighted by atomic mass is 16.5. The Morgan fingerprint density at radius 1 is 1.33 bits per heavy atom. The maximum absolute atomic E-state index is 11.6. The van der Waals surface area contributed by atoms with Gasteiger partial charge in [-0.3, -0.25) is 0 Å². The topological polar surface area (TPSA) is 55.8 Å². The molecule has 0 aliphatic rings. The molecule has 0 aliphatic heterocycles. The maximum atomic E-state index is 11.6. The fourth-order valence-corrected chi connectivity index (χ4v) is 2.04. The lowest BCUT2D eigenvalue weighted by Gasteiger charge is -2.19. The molecule has 100 valence electrons.